The standard InChI is InChI=1S/C58H76N2O26S6/c1-57(21-12-36-87(63,64)65)52(60(24-13-37-88(66,67)68)48-19-17-44-46(55(48)57)38-42(89(69,70)71)40-50(44)91(75,76)77)14-8-5-4-6-9-15-53-58(2,22-25-82-28-29-84-32-33-86-35-34-85-31-30-83-27-26-81-3)56-47-39-43(90(72,73)74)41-51(92(78,79)80)45(47)18-20-49(56)59(53)23-11-7-10-16-54(61)62/h4-6,8-9,14-15,17-20,38-41H,7,10-13,16,21-37H2,1-3H3,(H6-,61,62,63,64,65,66,67,68,69,70,71,72,73,74,75,76,77,78,79,80)/p+1. The van der Waals surface area contributed by atoms with Crippen LogP contribution in [0.5, 0.6) is 0 Å². The van der Waals surface area contributed by atoms with Gasteiger partial charge in [0.15, 0.2) is 5.71 Å². The molecule has 0 amide bonds. The van der Waals surface area contributed by atoms with Crippen molar-refractivity contribution >= 4 is 105 Å². The Hall–Kier alpha value is -5.48. The second kappa shape index (κ2) is 32.3. The zero-order valence-corrected chi connectivity index (χ0v) is 55.6. The number of allylic oxidation sites excluding steroid dienone is 8. The number of nitrogens with zero attached hydrogens (tertiary/aromatic N) is 2. The number of hydrogen-bond acceptors (Lipinski definition) is 20. The summed E-state index contributed by atoms with van der Waals surface area (Å²) >= 11 is 0. The van der Waals surface area contributed by atoms with Crippen LogP contribution in [-0.4, -0.2) is 204 Å². The molecule has 0 saturated carbocycles. The van der Waals surface area contributed by atoms with E-state index < -0.39 is 109 Å². The van der Waals surface area contributed by atoms with Gasteiger partial charge in [0.25, 0.3) is 60.7 Å². The second-order valence-electron chi connectivity index (χ2n) is 21.9. The maximum atomic E-state index is 12.9. The summed E-state index contributed by atoms with van der Waals surface area (Å²) < 4.78 is 246. The Bertz CT molecular complexity index is 4210. The normalized spacial score (nSPS) is 18.1. The van der Waals surface area contributed by atoms with Gasteiger partial charge in [-0.05, 0) is 105 Å². The molecule has 34 heteroatoms. The topological polar surface area (TPSA) is 425 Å². The van der Waals surface area contributed by atoms with Crippen molar-refractivity contribution in [1.82, 2.24) is 0 Å². The number of fused-ring (bicyclic) bond motifs is 6. The smallest absolute Gasteiger partial charge is 0.303 e. The van der Waals surface area contributed by atoms with E-state index >= 15 is 0 Å². The van der Waals surface area contributed by atoms with Crippen LogP contribution in [0.2, 0.25) is 0 Å². The predicted molar refractivity (Wildman–Crippen MR) is 338 cm³/mol. The molecule has 0 bridgehead atoms. The molecule has 0 radical (unpaired) electrons. The SMILES string of the molecule is COCCOCCOCCOCCOCCOCCC1(C)\C(=C/C=C/C=C/C=C/C2=[N+](CCCS(=O)(=O)O)c3ccc4c(S(=O)(=O)O)cc(S(=O)(=O)O)cc4c3C2(C)CCCS(=O)(=O)O)N(CCCCCC(=O)O)c2ccc3c(S(=O)(=O)O)cc(S(=O)(=O)O)cc3c21. The van der Waals surface area contributed by atoms with Gasteiger partial charge in [-0.15, -0.1) is 0 Å². The van der Waals surface area contributed by atoms with Gasteiger partial charge in [-0.25, -0.2) is 0 Å². The highest BCUT2D eigenvalue weighted by Crippen LogP contribution is 2.54. The van der Waals surface area contributed by atoms with Crippen LogP contribution < -0.4 is 4.90 Å². The van der Waals surface area contributed by atoms with Crippen molar-refractivity contribution in [1.29, 1.82) is 0 Å². The van der Waals surface area contributed by atoms with Crippen molar-refractivity contribution in [2.45, 2.75) is 95.6 Å². The minimum Gasteiger partial charge on any atom is -0.481 e. The highest BCUT2D eigenvalue weighted by atomic mass is 32.2. The Morgan fingerprint density at radius 2 is 0.989 bits per heavy atom. The summed E-state index contributed by atoms with van der Waals surface area (Å²) in [5, 5.41) is 9.04. The van der Waals surface area contributed by atoms with Crippen molar-refractivity contribution in [2.75, 3.05) is 109 Å². The number of carboxylic acids is 1. The lowest BCUT2D eigenvalue weighted by Gasteiger charge is -2.31. The number of carboxylic acid groups (broad SMARTS) is 1. The first kappa shape index (κ1) is 75.5. The summed E-state index contributed by atoms with van der Waals surface area (Å²) in [4.78, 5) is 9.95. The molecule has 4 aromatic rings. The average Bonchev–Trinajstić information content (AvgIpc) is 1.52. The lowest BCUT2D eigenvalue weighted by Crippen LogP contribution is -2.32. The first-order chi connectivity index (χ1) is 43.0. The number of methoxy groups -OCH3 is 1. The summed E-state index contributed by atoms with van der Waals surface area (Å²) in [6.07, 6.45) is 12.0. The zero-order chi connectivity index (χ0) is 67.9. The maximum Gasteiger partial charge on any atom is 0.303 e. The molecule has 0 aliphatic carbocycles. The minimum absolute atomic E-state index is 0.0451. The van der Waals surface area contributed by atoms with Gasteiger partial charge in [0.05, 0.1) is 92.8 Å². The lowest BCUT2D eigenvalue weighted by atomic mass is 9.74. The van der Waals surface area contributed by atoms with Crippen LogP contribution in [0.15, 0.2) is 116 Å². The van der Waals surface area contributed by atoms with Crippen LogP contribution in [0.25, 0.3) is 21.5 Å². The van der Waals surface area contributed by atoms with E-state index in [9.17, 15) is 87.7 Å². The third-order valence-electron chi connectivity index (χ3n) is 15.4. The lowest BCUT2D eigenvalue weighted by molar-refractivity contribution is -0.437. The number of rotatable bonds is 40. The van der Waals surface area contributed by atoms with Gasteiger partial charge in [-0.1, -0.05) is 42.9 Å². The maximum absolute atomic E-state index is 12.9. The summed E-state index contributed by atoms with van der Waals surface area (Å²) in [5.41, 5.74) is -0.460. The molecule has 2 heterocycles. The number of benzene rings is 4. The van der Waals surface area contributed by atoms with E-state index in [1.165, 1.54) is 18.2 Å². The Morgan fingerprint density at radius 3 is 1.49 bits per heavy atom. The summed E-state index contributed by atoms with van der Waals surface area (Å²) in [7, 11) is -28.1. The van der Waals surface area contributed by atoms with E-state index in [2.05, 4.69) is 0 Å². The van der Waals surface area contributed by atoms with E-state index in [0.29, 0.717) is 93.7 Å². The fraction of sp³-hybridized carbons (Fsp3) is 0.483. The Morgan fingerprint density at radius 1 is 0.511 bits per heavy atom. The van der Waals surface area contributed by atoms with Gasteiger partial charge >= 0.3 is 5.97 Å². The molecule has 6 rings (SSSR count). The fourth-order valence-electron chi connectivity index (χ4n) is 11.3. The minimum atomic E-state index is -5.19. The first-order valence-electron chi connectivity index (χ1n) is 28.8. The third-order valence-corrected chi connectivity index (χ3v) is 20.5. The number of carbonyl (C=O) groups is 1. The van der Waals surface area contributed by atoms with Crippen molar-refractivity contribution in [2.24, 2.45) is 0 Å². The van der Waals surface area contributed by atoms with Crippen molar-refractivity contribution in [3.05, 3.63) is 108 Å². The number of anilines is 1. The predicted octanol–water partition coefficient (Wildman–Crippen LogP) is 6.38. The molecule has 0 fully saturated rings. The molecule has 92 heavy (non-hydrogen) atoms. The molecule has 2 atom stereocenters. The second-order valence-corrected chi connectivity index (χ2v) is 30.7. The summed E-state index contributed by atoms with van der Waals surface area (Å²) in [5.74, 6) is -2.48. The van der Waals surface area contributed by atoms with Crippen LogP contribution in [0.1, 0.15) is 76.3 Å². The van der Waals surface area contributed by atoms with Gasteiger partial charge in [-0.2, -0.15) is 55.1 Å². The number of unbranched alkanes of at least 4 members (excludes halogenated alkanes) is 2. The van der Waals surface area contributed by atoms with Gasteiger partial charge in [-0.3, -0.25) is 32.1 Å². The summed E-state index contributed by atoms with van der Waals surface area (Å²) in [6.45, 7) is 6.78. The average molecular weight is 1410 g/mol. The van der Waals surface area contributed by atoms with Crippen LogP contribution in [0.3, 0.4) is 0 Å². The Balaban J connectivity index is 1.39. The largest absolute Gasteiger partial charge is 0.481 e. The fourth-order valence-corrected chi connectivity index (χ4v) is 15.0. The molecule has 2 aliphatic rings. The van der Waals surface area contributed by atoms with E-state index in [-0.39, 0.29) is 111 Å². The monoisotopic (exact) mass is 1410 g/mol. The Labute approximate surface area is 535 Å². The molecule has 28 nitrogen and oxygen atoms in total. The van der Waals surface area contributed by atoms with E-state index in [1.807, 2.05) is 11.8 Å². The van der Waals surface area contributed by atoms with Gasteiger partial charge in [0.2, 0.25) is 5.69 Å². The number of hydrogen-bond donors (Lipinski definition) is 7. The van der Waals surface area contributed by atoms with Crippen molar-refractivity contribution < 1.29 is 121 Å². The van der Waals surface area contributed by atoms with Crippen LogP contribution >= 0.6 is 0 Å². The van der Waals surface area contributed by atoms with Crippen LogP contribution in [0, 0.1) is 0 Å². The zero-order valence-electron chi connectivity index (χ0n) is 50.7. The van der Waals surface area contributed by atoms with E-state index in [0.717, 1.165) is 12.1 Å². The molecule has 0 spiro atoms. The highest BCUT2D eigenvalue weighted by molar-refractivity contribution is 7.87. The van der Waals surface area contributed by atoms with Gasteiger partial charge < -0.3 is 38.4 Å². The molecule has 2 aliphatic heterocycles. The third kappa shape index (κ3) is 20.5. The Kier molecular flexibility index (Phi) is 26.5. The molecule has 7 N–H and O–H groups in total. The molecule has 510 valence electrons. The highest BCUT2D eigenvalue weighted by Gasteiger charge is 2.50. The molecular formula is C58H77N2O26S6+. The van der Waals surface area contributed by atoms with Crippen molar-refractivity contribution in [3.8, 4) is 0 Å². The van der Waals surface area contributed by atoms with Crippen LogP contribution in [0.4, 0.5) is 11.4 Å². The summed E-state index contributed by atoms with van der Waals surface area (Å²) in [6, 6.07) is 8.97. The molecule has 2 unspecified atom stereocenters. The molecule has 0 aromatic heterocycles. The number of ether oxygens (including phenoxy) is 6. The molecular weight excluding hydrogens is 1330 g/mol. The van der Waals surface area contributed by atoms with E-state index in [4.69, 9.17) is 28.4 Å². The molecule has 4 aromatic carbocycles. The molecule has 0 saturated heterocycles. The van der Waals surface area contributed by atoms with Gasteiger partial charge in [0.1, 0.15) is 16.3 Å². The number of aliphatic carboxylic acids is 1. The van der Waals surface area contributed by atoms with Crippen molar-refractivity contribution in [3.63, 3.8) is 0 Å². The van der Waals surface area contributed by atoms with Gasteiger partial charge in [0, 0.05) is 78.4 Å². The quantitative estimate of drug-likeness (QED) is 0.0110. The van der Waals surface area contributed by atoms with Crippen LogP contribution in [-0.2, 0) is 105 Å². The first-order valence-corrected chi connectivity index (χ1v) is 37.8. The van der Waals surface area contributed by atoms with E-state index in [1.54, 1.807) is 67.2 Å².